The van der Waals surface area contributed by atoms with Crippen molar-refractivity contribution in [2.45, 2.75) is 32.9 Å². The molecule has 2 heterocycles. The van der Waals surface area contributed by atoms with Gasteiger partial charge in [-0.05, 0) is 25.5 Å². The van der Waals surface area contributed by atoms with E-state index in [0.29, 0.717) is 6.54 Å². The molecule has 1 fully saturated rings. The van der Waals surface area contributed by atoms with Crippen LogP contribution in [-0.2, 0) is 6.54 Å². The van der Waals surface area contributed by atoms with Crippen LogP contribution in [0.4, 0.5) is 4.39 Å². The lowest BCUT2D eigenvalue weighted by Crippen LogP contribution is -2.52. The van der Waals surface area contributed by atoms with Crippen molar-refractivity contribution in [2.24, 2.45) is 4.99 Å². The average molecular weight is 404 g/mol. The van der Waals surface area contributed by atoms with Crippen molar-refractivity contribution >= 4 is 5.96 Å². The second-order valence-corrected chi connectivity index (χ2v) is 7.03. The van der Waals surface area contributed by atoms with Crippen LogP contribution in [0, 0.1) is 5.82 Å². The number of nitrogens with one attached hydrogen (secondary N) is 1. The van der Waals surface area contributed by atoms with Gasteiger partial charge in [0, 0.05) is 45.3 Å². The molecule has 1 aromatic carbocycles. The van der Waals surface area contributed by atoms with E-state index in [-0.39, 0.29) is 17.7 Å². The Hall–Kier alpha value is -2.61. The van der Waals surface area contributed by atoms with E-state index in [9.17, 15) is 4.39 Å². The molecule has 1 aliphatic heterocycles. The summed E-state index contributed by atoms with van der Waals surface area (Å²) in [5, 5.41) is 7.35. The molecule has 2 aromatic rings. The highest BCUT2D eigenvalue weighted by Gasteiger charge is 2.21. The summed E-state index contributed by atoms with van der Waals surface area (Å²) in [6.07, 6.45) is 2.19. The lowest BCUT2D eigenvalue weighted by molar-refractivity contribution is 0.167. The monoisotopic (exact) mass is 403 g/mol. The average Bonchev–Trinajstić information content (AvgIpc) is 3.25. The summed E-state index contributed by atoms with van der Waals surface area (Å²) in [6, 6.07) is 8.40. The number of aromatic nitrogens is 1. The van der Waals surface area contributed by atoms with E-state index in [4.69, 9.17) is 14.3 Å². The Morgan fingerprint density at radius 2 is 2.03 bits per heavy atom. The van der Waals surface area contributed by atoms with Gasteiger partial charge in [-0.15, -0.1) is 0 Å². The van der Waals surface area contributed by atoms with Crippen molar-refractivity contribution in [1.29, 1.82) is 0 Å². The van der Waals surface area contributed by atoms with Gasteiger partial charge in [0.1, 0.15) is 12.4 Å². The SMILES string of the molecule is CCNC(=NCC(CC)Oc1ccccc1F)N1CCN(Cc2ccon2)CC1. The van der Waals surface area contributed by atoms with E-state index in [0.717, 1.165) is 57.3 Å². The summed E-state index contributed by atoms with van der Waals surface area (Å²) in [4.78, 5) is 9.39. The van der Waals surface area contributed by atoms with E-state index < -0.39 is 0 Å². The Morgan fingerprint density at radius 1 is 1.24 bits per heavy atom. The molecule has 0 amide bonds. The van der Waals surface area contributed by atoms with Crippen LogP contribution in [0.15, 0.2) is 46.1 Å². The summed E-state index contributed by atoms with van der Waals surface area (Å²) in [5.41, 5.74) is 0.954. The van der Waals surface area contributed by atoms with Crippen LogP contribution < -0.4 is 10.1 Å². The molecule has 1 atom stereocenters. The fourth-order valence-corrected chi connectivity index (χ4v) is 3.25. The smallest absolute Gasteiger partial charge is 0.194 e. The molecular formula is C21H30FN5O2. The predicted octanol–water partition coefficient (Wildman–Crippen LogP) is 2.75. The molecule has 0 bridgehead atoms. The first-order valence-electron chi connectivity index (χ1n) is 10.3. The molecule has 29 heavy (non-hydrogen) atoms. The largest absolute Gasteiger partial charge is 0.485 e. The van der Waals surface area contributed by atoms with Crippen molar-refractivity contribution in [3.05, 3.63) is 48.1 Å². The number of hydrogen-bond acceptors (Lipinski definition) is 5. The fourth-order valence-electron chi connectivity index (χ4n) is 3.25. The second-order valence-electron chi connectivity index (χ2n) is 7.03. The molecule has 0 spiro atoms. The minimum atomic E-state index is -0.343. The van der Waals surface area contributed by atoms with Crippen molar-refractivity contribution < 1.29 is 13.7 Å². The number of aliphatic imine (C=N–C) groups is 1. The molecule has 1 unspecified atom stereocenters. The Kier molecular flexibility index (Phi) is 7.86. The minimum absolute atomic E-state index is 0.172. The van der Waals surface area contributed by atoms with Crippen molar-refractivity contribution in [1.82, 2.24) is 20.3 Å². The van der Waals surface area contributed by atoms with Gasteiger partial charge in [0.15, 0.2) is 17.5 Å². The number of halogens is 1. The molecule has 8 heteroatoms. The summed E-state index contributed by atoms with van der Waals surface area (Å²) in [7, 11) is 0. The highest BCUT2D eigenvalue weighted by Crippen LogP contribution is 2.18. The van der Waals surface area contributed by atoms with E-state index in [1.165, 1.54) is 6.07 Å². The van der Waals surface area contributed by atoms with Crippen LogP contribution in [0.25, 0.3) is 0 Å². The molecule has 0 aliphatic carbocycles. The number of guanidine groups is 1. The number of para-hydroxylation sites is 1. The molecular weight excluding hydrogens is 373 g/mol. The van der Waals surface area contributed by atoms with Gasteiger partial charge < -0.3 is 19.5 Å². The molecule has 7 nitrogen and oxygen atoms in total. The Balaban J connectivity index is 1.55. The number of ether oxygens (including phenoxy) is 1. The van der Waals surface area contributed by atoms with Crippen LogP contribution in [0.5, 0.6) is 5.75 Å². The van der Waals surface area contributed by atoms with Crippen LogP contribution in [0.2, 0.25) is 0 Å². The first-order chi connectivity index (χ1) is 14.2. The first-order valence-corrected chi connectivity index (χ1v) is 10.3. The maximum Gasteiger partial charge on any atom is 0.194 e. The molecule has 0 saturated carbocycles. The van der Waals surface area contributed by atoms with Gasteiger partial charge in [-0.25, -0.2) is 9.38 Å². The number of hydrogen-bond donors (Lipinski definition) is 1. The molecule has 1 N–H and O–H groups in total. The van der Waals surface area contributed by atoms with Gasteiger partial charge in [-0.3, -0.25) is 4.90 Å². The summed E-state index contributed by atoms with van der Waals surface area (Å²) in [6.45, 7) is 9.78. The van der Waals surface area contributed by atoms with E-state index >= 15 is 0 Å². The van der Waals surface area contributed by atoms with Crippen LogP contribution >= 0.6 is 0 Å². The summed E-state index contributed by atoms with van der Waals surface area (Å²) in [5.74, 6) is 0.815. The Bertz CT molecular complexity index is 760. The standard InChI is InChI=1S/C21H30FN5O2/c1-3-18(29-20-8-6-5-7-19(20)22)15-24-21(23-4-2)27-12-10-26(11-13-27)16-17-9-14-28-25-17/h5-9,14,18H,3-4,10-13,15-16H2,1-2H3,(H,23,24). The van der Waals surface area contributed by atoms with Crippen LogP contribution in [-0.4, -0.2) is 66.3 Å². The van der Waals surface area contributed by atoms with Gasteiger partial charge in [-0.1, -0.05) is 24.2 Å². The highest BCUT2D eigenvalue weighted by molar-refractivity contribution is 5.80. The molecule has 1 aromatic heterocycles. The van der Waals surface area contributed by atoms with Gasteiger partial charge in [0.2, 0.25) is 0 Å². The molecule has 3 rings (SSSR count). The second kappa shape index (κ2) is 10.8. The zero-order valence-corrected chi connectivity index (χ0v) is 17.2. The molecule has 158 valence electrons. The van der Waals surface area contributed by atoms with Crippen molar-refractivity contribution in [3.63, 3.8) is 0 Å². The fraction of sp³-hybridized carbons (Fsp3) is 0.524. The van der Waals surface area contributed by atoms with Crippen LogP contribution in [0.1, 0.15) is 26.0 Å². The third-order valence-corrected chi connectivity index (χ3v) is 4.91. The maximum absolute atomic E-state index is 13.9. The number of nitrogens with zero attached hydrogens (tertiary/aromatic N) is 4. The lowest BCUT2D eigenvalue weighted by atomic mass is 10.2. The molecule has 1 saturated heterocycles. The number of rotatable bonds is 8. The van der Waals surface area contributed by atoms with E-state index in [1.807, 2.05) is 13.0 Å². The number of piperazine rings is 1. The van der Waals surface area contributed by atoms with Crippen molar-refractivity contribution in [3.8, 4) is 5.75 Å². The highest BCUT2D eigenvalue weighted by atomic mass is 19.1. The minimum Gasteiger partial charge on any atom is -0.485 e. The van der Waals surface area contributed by atoms with Crippen molar-refractivity contribution in [2.75, 3.05) is 39.3 Å². The third kappa shape index (κ3) is 6.19. The summed E-state index contributed by atoms with van der Waals surface area (Å²) >= 11 is 0. The normalized spacial score (nSPS) is 16.7. The first kappa shape index (κ1) is 21.1. The van der Waals surface area contributed by atoms with Crippen LogP contribution in [0.3, 0.4) is 0 Å². The van der Waals surface area contributed by atoms with E-state index in [2.05, 4.69) is 27.2 Å². The van der Waals surface area contributed by atoms with Gasteiger partial charge in [0.05, 0.1) is 12.2 Å². The lowest BCUT2D eigenvalue weighted by Gasteiger charge is -2.36. The third-order valence-electron chi connectivity index (χ3n) is 4.91. The predicted molar refractivity (Wildman–Crippen MR) is 110 cm³/mol. The Labute approximate surface area is 171 Å². The zero-order valence-electron chi connectivity index (χ0n) is 17.2. The quantitative estimate of drug-likeness (QED) is 0.540. The van der Waals surface area contributed by atoms with Gasteiger partial charge in [0.25, 0.3) is 0 Å². The topological polar surface area (TPSA) is 66.1 Å². The van der Waals surface area contributed by atoms with E-state index in [1.54, 1.807) is 24.5 Å². The summed E-state index contributed by atoms with van der Waals surface area (Å²) < 4.78 is 24.6. The zero-order chi connectivity index (χ0) is 20.5. The van der Waals surface area contributed by atoms with Gasteiger partial charge in [-0.2, -0.15) is 0 Å². The number of benzene rings is 1. The van der Waals surface area contributed by atoms with Gasteiger partial charge >= 0.3 is 0 Å². The molecule has 0 radical (unpaired) electrons. The molecule has 1 aliphatic rings. The Morgan fingerprint density at radius 3 is 2.69 bits per heavy atom. The maximum atomic E-state index is 13.9.